The molecule has 1 aliphatic heterocycles. The fraction of sp³-hybridized carbons (Fsp3) is 0.0870. The maximum Gasteiger partial charge on any atom is 0.256 e. The molecule has 1 N–H and O–H groups in total. The summed E-state index contributed by atoms with van der Waals surface area (Å²) in [6, 6.07) is 20.9. The highest BCUT2D eigenvalue weighted by molar-refractivity contribution is 6.36. The third-order valence-corrected chi connectivity index (χ3v) is 4.74. The van der Waals surface area contributed by atoms with Crippen molar-refractivity contribution in [2.75, 3.05) is 12.4 Å². The number of rotatable bonds is 5. The summed E-state index contributed by atoms with van der Waals surface area (Å²) in [4.78, 5) is 12.4. The topological polar surface area (TPSA) is 47.6 Å². The van der Waals surface area contributed by atoms with Crippen LogP contribution in [0.4, 0.5) is 5.69 Å². The van der Waals surface area contributed by atoms with Crippen LogP contribution < -0.4 is 14.8 Å². The molecular weight excluding hydrogens is 374 g/mol. The number of benzene rings is 3. The molecule has 0 saturated carbocycles. The Bertz CT molecular complexity index is 1060. The van der Waals surface area contributed by atoms with Crippen molar-refractivity contribution < 1.29 is 14.3 Å². The van der Waals surface area contributed by atoms with Crippen LogP contribution in [-0.4, -0.2) is 13.0 Å². The van der Waals surface area contributed by atoms with Crippen LogP contribution in [0.2, 0.25) is 5.02 Å². The van der Waals surface area contributed by atoms with E-state index in [1.165, 1.54) is 0 Å². The number of hydrogen-bond donors (Lipinski definition) is 1. The number of halogens is 1. The van der Waals surface area contributed by atoms with E-state index < -0.39 is 0 Å². The fourth-order valence-corrected chi connectivity index (χ4v) is 3.28. The summed E-state index contributed by atoms with van der Waals surface area (Å²) in [5.41, 5.74) is 4.05. The minimum atomic E-state index is -0.153. The lowest BCUT2D eigenvalue weighted by Crippen LogP contribution is -2.03. The molecule has 0 radical (unpaired) electrons. The molecule has 1 aliphatic rings. The number of carbonyl (C=O) groups excluding carboxylic acids is 1. The van der Waals surface area contributed by atoms with E-state index in [-0.39, 0.29) is 5.91 Å². The third kappa shape index (κ3) is 3.73. The Kier molecular flexibility index (Phi) is 5.04. The molecule has 5 heteroatoms. The van der Waals surface area contributed by atoms with Crippen molar-refractivity contribution in [1.82, 2.24) is 0 Å². The van der Waals surface area contributed by atoms with Crippen molar-refractivity contribution in [3.05, 3.63) is 88.4 Å². The zero-order valence-electron chi connectivity index (χ0n) is 15.2. The van der Waals surface area contributed by atoms with Crippen molar-refractivity contribution in [3.8, 4) is 11.5 Å². The largest absolute Gasteiger partial charge is 0.493 e. The SMILES string of the molecule is COc1ccc(/C=C2/C(=O)Nc3cc(Cl)ccc32)cc1OCc1ccccc1. The van der Waals surface area contributed by atoms with E-state index in [1.807, 2.05) is 60.7 Å². The van der Waals surface area contributed by atoms with E-state index >= 15 is 0 Å². The van der Waals surface area contributed by atoms with Crippen LogP contribution >= 0.6 is 11.6 Å². The van der Waals surface area contributed by atoms with E-state index in [0.717, 1.165) is 22.4 Å². The molecule has 0 aromatic heterocycles. The molecule has 0 unspecified atom stereocenters. The Morgan fingerprint density at radius 1 is 1.00 bits per heavy atom. The van der Waals surface area contributed by atoms with Gasteiger partial charge in [-0.15, -0.1) is 0 Å². The highest BCUT2D eigenvalue weighted by Crippen LogP contribution is 2.36. The number of methoxy groups -OCH3 is 1. The smallest absolute Gasteiger partial charge is 0.256 e. The lowest BCUT2D eigenvalue weighted by atomic mass is 10.0. The van der Waals surface area contributed by atoms with Gasteiger partial charge in [0.2, 0.25) is 0 Å². The normalized spacial score (nSPS) is 13.9. The van der Waals surface area contributed by atoms with Crippen molar-refractivity contribution in [1.29, 1.82) is 0 Å². The maximum atomic E-state index is 12.4. The van der Waals surface area contributed by atoms with E-state index in [9.17, 15) is 4.79 Å². The van der Waals surface area contributed by atoms with Crippen LogP contribution in [0.5, 0.6) is 11.5 Å². The van der Waals surface area contributed by atoms with Gasteiger partial charge in [-0.25, -0.2) is 0 Å². The predicted octanol–water partition coefficient (Wildman–Crippen LogP) is 5.42. The molecule has 4 rings (SSSR count). The molecule has 0 bridgehead atoms. The van der Waals surface area contributed by atoms with Gasteiger partial charge in [-0.05, 0) is 41.5 Å². The Morgan fingerprint density at radius 2 is 1.82 bits per heavy atom. The molecular formula is C23H18ClNO3. The van der Waals surface area contributed by atoms with Crippen molar-refractivity contribution >= 4 is 34.8 Å². The van der Waals surface area contributed by atoms with Gasteiger partial charge in [-0.1, -0.05) is 54.1 Å². The van der Waals surface area contributed by atoms with Gasteiger partial charge in [0, 0.05) is 16.2 Å². The van der Waals surface area contributed by atoms with Crippen LogP contribution in [0.25, 0.3) is 11.6 Å². The first-order valence-corrected chi connectivity index (χ1v) is 9.19. The number of amides is 1. The first-order valence-electron chi connectivity index (χ1n) is 8.82. The van der Waals surface area contributed by atoms with Gasteiger partial charge in [0.15, 0.2) is 11.5 Å². The fourth-order valence-electron chi connectivity index (χ4n) is 3.11. The van der Waals surface area contributed by atoms with Crippen molar-refractivity contribution in [3.63, 3.8) is 0 Å². The Hall–Kier alpha value is -3.24. The first kappa shape index (κ1) is 18.1. The minimum Gasteiger partial charge on any atom is -0.493 e. The molecule has 3 aromatic carbocycles. The van der Waals surface area contributed by atoms with Crippen LogP contribution in [0.1, 0.15) is 16.7 Å². The average Bonchev–Trinajstić information content (AvgIpc) is 3.01. The van der Waals surface area contributed by atoms with Gasteiger partial charge in [0.25, 0.3) is 5.91 Å². The summed E-state index contributed by atoms with van der Waals surface area (Å²) in [6.07, 6.45) is 1.84. The van der Waals surface area contributed by atoms with E-state index in [4.69, 9.17) is 21.1 Å². The third-order valence-electron chi connectivity index (χ3n) is 4.50. The second-order valence-corrected chi connectivity index (χ2v) is 6.82. The number of nitrogens with one attached hydrogen (secondary N) is 1. The molecule has 1 amide bonds. The Labute approximate surface area is 168 Å². The summed E-state index contributed by atoms with van der Waals surface area (Å²) in [5, 5.41) is 3.43. The first-order chi connectivity index (χ1) is 13.6. The summed E-state index contributed by atoms with van der Waals surface area (Å²) in [7, 11) is 1.60. The number of carbonyl (C=O) groups is 1. The maximum absolute atomic E-state index is 12.4. The van der Waals surface area contributed by atoms with Crippen LogP contribution in [0, 0.1) is 0 Å². The zero-order valence-corrected chi connectivity index (χ0v) is 16.0. The van der Waals surface area contributed by atoms with Gasteiger partial charge in [0.05, 0.1) is 12.8 Å². The van der Waals surface area contributed by atoms with Crippen molar-refractivity contribution in [2.24, 2.45) is 0 Å². The predicted molar refractivity (Wildman–Crippen MR) is 112 cm³/mol. The molecule has 0 fully saturated rings. The van der Waals surface area contributed by atoms with E-state index in [0.29, 0.717) is 28.7 Å². The van der Waals surface area contributed by atoms with Crippen LogP contribution in [0.15, 0.2) is 66.7 Å². The van der Waals surface area contributed by atoms with Crippen LogP contribution in [0.3, 0.4) is 0 Å². The quantitative estimate of drug-likeness (QED) is 0.591. The number of anilines is 1. The molecule has 0 spiro atoms. The lowest BCUT2D eigenvalue weighted by molar-refractivity contribution is -0.110. The molecule has 0 aliphatic carbocycles. The van der Waals surface area contributed by atoms with Gasteiger partial charge in [-0.2, -0.15) is 0 Å². The highest BCUT2D eigenvalue weighted by atomic mass is 35.5. The summed E-state index contributed by atoms with van der Waals surface area (Å²) in [6.45, 7) is 0.430. The molecule has 140 valence electrons. The molecule has 0 atom stereocenters. The molecule has 28 heavy (non-hydrogen) atoms. The summed E-state index contributed by atoms with van der Waals surface area (Å²) < 4.78 is 11.4. The molecule has 1 heterocycles. The summed E-state index contributed by atoms with van der Waals surface area (Å²) >= 11 is 6.02. The monoisotopic (exact) mass is 391 g/mol. The van der Waals surface area contributed by atoms with Gasteiger partial charge in [-0.3, -0.25) is 4.79 Å². The van der Waals surface area contributed by atoms with Crippen LogP contribution in [-0.2, 0) is 11.4 Å². The molecule has 3 aromatic rings. The molecule has 0 saturated heterocycles. The Morgan fingerprint density at radius 3 is 2.61 bits per heavy atom. The van der Waals surface area contributed by atoms with Gasteiger partial charge >= 0.3 is 0 Å². The number of fused-ring (bicyclic) bond motifs is 1. The van der Waals surface area contributed by atoms with E-state index in [2.05, 4.69) is 5.32 Å². The standard InChI is InChI=1S/C23H18ClNO3/c1-27-21-10-7-16(12-22(21)28-14-15-5-3-2-4-6-15)11-19-18-9-8-17(24)13-20(18)25-23(19)26/h2-13H,14H2,1H3,(H,25,26)/b19-11+. The molecule has 4 nitrogen and oxygen atoms in total. The lowest BCUT2D eigenvalue weighted by Gasteiger charge is -2.12. The average molecular weight is 392 g/mol. The zero-order chi connectivity index (χ0) is 19.5. The second kappa shape index (κ2) is 7.79. The number of ether oxygens (including phenoxy) is 2. The highest BCUT2D eigenvalue weighted by Gasteiger charge is 2.24. The summed E-state index contributed by atoms with van der Waals surface area (Å²) in [5.74, 6) is 1.11. The van der Waals surface area contributed by atoms with E-state index in [1.54, 1.807) is 19.2 Å². The second-order valence-electron chi connectivity index (χ2n) is 6.39. The number of hydrogen-bond acceptors (Lipinski definition) is 3. The van der Waals surface area contributed by atoms with Gasteiger partial charge < -0.3 is 14.8 Å². The van der Waals surface area contributed by atoms with Gasteiger partial charge in [0.1, 0.15) is 6.61 Å². The van der Waals surface area contributed by atoms with Crippen molar-refractivity contribution in [2.45, 2.75) is 6.61 Å². The minimum absolute atomic E-state index is 0.153. The Balaban J connectivity index is 1.64.